The van der Waals surface area contributed by atoms with Crippen molar-refractivity contribution in [2.24, 2.45) is 0 Å². The predicted molar refractivity (Wildman–Crippen MR) is 63.6 cm³/mol. The van der Waals surface area contributed by atoms with Crippen molar-refractivity contribution in [2.75, 3.05) is 20.2 Å². The zero-order chi connectivity index (χ0) is 13.9. The van der Waals surface area contributed by atoms with Gasteiger partial charge in [-0.2, -0.15) is 0 Å². The van der Waals surface area contributed by atoms with Crippen molar-refractivity contribution < 1.29 is 24.2 Å². The first kappa shape index (κ1) is 14.6. The molecule has 0 aromatic heterocycles. The van der Waals surface area contributed by atoms with E-state index in [0.717, 1.165) is 0 Å². The number of nitrogens with zero attached hydrogens (tertiary/aromatic N) is 1. The Hall–Kier alpha value is -1.50. The van der Waals surface area contributed by atoms with Crippen molar-refractivity contribution in [2.45, 2.75) is 38.5 Å². The highest BCUT2D eigenvalue weighted by atomic mass is 16.6. The molecule has 0 aromatic rings. The summed E-state index contributed by atoms with van der Waals surface area (Å²) in [5, 5.41) is 11.5. The maximum Gasteiger partial charge on any atom is 0.408 e. The van der Waals surface area contributed by atoms with Gasteiger partial charge in [0.05, 0.1) is 18.7 Å². The lowest BCUT2D eigenvalue weighted by Gasteiger charge is -2.23. The number of carbonyl (C=O) groups excluding carboxylic acids is 1. The summed E-state index contributed by atoms with van der Waals surface area (Å²) < 4.78 is 10.3. The van der Waals surface area contributed by atoms with Gasteiger partial charge in [-0.15, -0.1) is 0 Å². The van der Waals surface area contributed by atoms with Crippen LogP contribution in [0.4, 0.5) is 9.59 Å². The number of alkyl carbamates (subject to hydrolysis) is 1. The number of carbonyl (C=O) groups is 2. The fourth-order valence-corrected chi connectivity index (χ4v) is 1.77. The normalized spacial score (nSPS) is 23.9. The minimum atomic E-state index is -1.02. The Labute approximate surface area is 106 Å². The van der Waals surface area contributed by atoms with E-state index in [0.29, 0.717) is 0 Å². The molecule has 18 heavy (non-hydrogen) atoms. The van der Waals surface area contributed by atoms with Gasteiger partial charge in [0.15, 0.2) is 0 Å². The van der Waals surface area contributed by atoms with E-state index in [9.17, 15) is 9.59 Å². The minimum Gasteiger partial charge on any atom is -0.465 e. The largest absolute Gasteiger partial charge is 0.465 e. The summed E-state index contributed by atoms with van der Waals surface area (Å²) >= 11 is 0. The molecule has 7 nitrogen and oxygen atoms in total. The highest BCUT2D eigenvalue weighted by molar-refractivity contribution is 5.69. The molecule has 1 rings (SSSR count). The maximum absolute atomic E-state index is 11.6. The van der Waals surface area contributed by atoms with Crippen LogP contribution in [0.15, 0.2) is 0 Å². The van der Waals surface area contributed by atoms with Crippen LogP contribution < -0.4 is 5.32 Å². The molecule has 104 valence electrons. The zero-order valence-corrected chi connectivity index (χ0v) is 11.1. The van der Waals surface area contributed by atoms with Gasteiger partial charge in [0.1, 0.15) is 5.60 Å². The number of hydrogen-bond donors (Lipinski definition) is 2. The van der Waals surface area contributed by atoms with Crippen molar-refractivity contribution in [3.05, 3.63) is 0 Å². The Balaban J connectivity index is 2.55. The van der Waals surface area contributed by atoms with Crippen LogP contribution in [0.1, 0.15) is 20.8 Å². The van der Waals surface area contributed by atoms with Crippen LogP contribution >= 0.6 is 0 Å². The molecule has 1 aliphatic heterocycles. The van der Waals surface area contributed by atoms with Gasteiger partial charge in [0.25, 0.3) is 0 Å². The fourth-order valence-electron chi connectivity index (χ4n) is 1.77. The summed E-state index contributed by atoms with van der Waals surface area (Å²) in [4.78, 5) is 23.7. The van der Waals surface area contributed by atoms with Crippen LogP contribution in [0.3, 0.4) is 0 Å². The first-order chi connectivity index (χ1) is 8.23. The first-order valence-electron chi connectivity index (χ1n) is 5.73. The number of carboxylic acid groups (broad SMARTS) is 1. The van der Waals surface area contributed by atoms with Crippen molar-refractivity contribution in [1.29, 1.82) is 0 Å². The van der Waals surface area contributed by atoms with Crippen LogP contribution in [0.2, 0.25) is 0 Å². The topological polar surface area (TPSA) is 88.1 Å². The molecular formula is C11H20N2O5. The van der Waals surface area contributed by atoms with E-state index in [1.807, 2.05) is 0 Å². The van der Waals surface area contributed by atoms with Gasteiger partial charge in [-0.25, -0.2) is 9.59 Å². The molecule has 0 aliphatic carbocycles. The fraction of sp³-hybridized carbons (Fsp3) is 0.818. The second-order valence-corrected chi connectivity index (χ2v) is 5.21. The Morgan fingerprint density at radius 2 is 1.94 bits per heavy atom. The molecule has 2 N–H and O–H groups in total. The lowest BCUT2D eigenvalue weighted by atomic mass is 10.2. The third-order valence-corrected chi connectivity index (χ3v) is 2.54. The van der Waals surface area contributed by atoms with E-state index < -0.39 is 17.8 Å². The van der Waals surface area contributed by atoms with Gasteiger partial charge in [0.2, 0.25) is 0 Å². The minimum absolute atomic E-state index is 0.201. The first-order valence-corrected chi connectivity index (χ1v) is 5.73. The highest BCUT2D eigenvalue weighted by Gasteiger charge is 2.37. The van der Waals surface area contributed by atoms with Gasteiger partial charge in [-0.05, 0) is 20.8 Å². The molecule has 7 heteroatoms. The van der Waals surface area contributed by atoms with E-state index in [1.54, 1.807) is 20.8 Å². The summed E-state index contributed by atoms with van der Waals surface area (Å²) in [5.41, 5.74) is -0.586. The summed E-state index contributed by atoms with van der Waals surface area (Å²) in [5.74, 6) is 0. The molecule has 2 amide bonds. The van der Waals surface area contributed by atoms with Crippen molar-refractivity contribution in [3.8, 4) is 0 Å². The number of nitrogens with one attached hydrogen (secondary N) is 1. The lowest BCUT2D eigenvalue weighted by molar-refractivity contribution is 0.0416. The summed E-state index contributed by atoms with van der Waals surface area (Å²) in [6, 6.07) is -0.388. The third kappa shape index (κ3) is 4.06. The van der Waals surface area contributed by atoms with E-state index in [2.05, 4.69) is 5.32 Å². The molecule has 0 bridgehead atoms. The lowest BCUT2D eigenvalue weighted by Crippen LogP contribution is -2.45. The monoisotopic (exact) mass is 260 g/mol. The van der Waals surface area contributed by atoms with Crippen LogP contribution in [0.5, 0.6) is 0 Å². The molecule has 2 atom stereocenters. The van der Waals surface area contributed by atoms with Gasteiger partial charge >= 0.3 is 12.2 Å². The quantitative estimate of drug-likeness (QED) is 0.769. The Bertz CT molecular complexity index is 326. The van der Waals surface area contributed by atoms with E-state index >= 15 is 0 Å². The summed E-state index contributed by atoms with van der Waals surface area (Å²) in [6.07, 6.45) is -1.94. The van der Waals surface area contributed by atoms with E-state index in [4.69, 9.17) is 14.6 Å². The number of ether oxygens (including phenoxy) is 2. The number of hydrogen-bond acceptors (Lipinski definition) is 4. The molecule has 0 saturated carbocycles. The van der Waals surface area contributed by atoms with E-state index in [-0.39, 0.29) is 25.2 Å². The van der Waals surface area contributed by atoms with Crippen LogP contribution in [-0.4, -0.2) is 60.1 Å². The molecule has 0 aromatic carbocycles. The third-order valence-electron chi connectivity index (χ3n) is 2.54. The molecule has 1 saturated heterocycles. The average molecular weight is 260 g/mol. The number of rotatable bonds is 2. The zero-order valence-electron chi connectivity index (χ0n) is 11.1. The second kappa shape index (κ2) is 5.43. The molecule has 1 aliphatic rings. The highest BCUT2D eigenvalue weighted by Crippen LogP contribution is 2.14. The molecule has 0 radical (unpaired) electrons. The number of methoxy groups -OCH3 is 1. The van der Waals surface area contributed by atoms with Crippen LogP contribution in [0, 0.1) is 0 Å². The average Bonchev–Trinajstić information content (AvgIpc) is 2.57. The Morgan fingerprint density at radius 3 is 2.39 bits per heavy atom. The van der Waals surface area contributed by atoms with Gasteiger partial charge in [-0.3, -0.25) is 0 Å². The summed E-state index contributed by atoms with van der Waals surface area (Å²) in [7, 11) is 1.49. The molecule has 0 spiro atoms. The smallest absolute Gasteiger partial charge is 0.408 e. The summed E-state index contributed by atoms with van der Waals surface area (Å²) in [6.45, 7) is 5.73. The maximum atomic E-state index is 11.6. The predicted octanol–water partition coefficient (Wildman–Crippen LogP) is 0.888. The Kier molecular flexibility index (Phi) is 4.39. The Morgan fingerprint density at radius 1 is 1.33 bits per heavy atom. The number of likely N-dealkylation sites (tertiary alicyclic amines) is 1. The van der Waals surface area contributed by atoms with Gasteiger partial charge in [-0.1, -0.05) is 0 Å². The standard InChI is InChI=1S/C11H20N2O5/c1-11(2,3)18-9(14)12-7-5-13(10(15)16)6-8(7)17-4/h7-8H,5-6H2,1-4H3,(H,12,14)(H,15,16)/t7-,8?/m0/s1. The van der Waals surface area contributed by atoms with Gasteiger partial charge in [0, 0.05) is 13.7 Å². The number of amides is 2. The second-order valence-electron chi connectivity index (χ2n) is 5.21. The SMILES string of the molecule is COC1CN(C(=O)O)C[C@@H]1NC(=O)OC(C)(C)C. The molecule has 1 fully saturated rings. The van der Waals surface area contributed by atoms with Crippen LogP contribution in [-0.2, 0) is 9.47 Å². The van der Waals surface area contributed by atoms with Crippen LogP contribution in [0.25, 0.3) is 0 Å². The van der Waals surface area contributed by atoms with Crippen molar-refractivity contribution >= 4 is 12.2 Å². The van der Waals surface area contributed by atoms with Crippen molar-refractivity contribution in [1.82, 2.24) is 10.2 Å². The molecule has 1 unspecified atom stereocenters. The molecule has 1 heterocycles. The van der Waals surface area contributed by atoms with Gasteiger partial charge < -0.3 is 24.8 Å². The molecular weight excluding hydrogens is 240 g/mol. The van der Waals surface area contributed by atoms with Crippen molar-refractivity contribution in [3.63, 3.8) is 0 Å². The van der Waals surface area contributed by atoms with E-state index in [1.165, 1.54) is 12.0 Å².